The molecule has 10 heteroatoms. The number of aromatic amines is 1. The van der Waals surface area contributed by atoms with E-state index in [1.165, 1.54) is 12.1 Å². The molecule has 0 spiro atoms. The second-order valence-electron chi connectivity index (χ2n) is 4.36. The molecular formula is C12H10F3N3O3S. The van der Waals surface area contributed by atoms with E-state index >= 15 is 0 Å². The molecule has 118 valence electrons. The van der Waals surface area contributed by atoms with Crippen LogP contribution in [0.25, 0.3) is 0 Å². The molecule has 6 nitrogen and oxygen atoms in total. The van der Waals surface area contributed by atoms with Crippen LogP contribution >= 0.6 is 0 Å². The van der Waals surface area contributed by atoms with Crippen LogP contribution in [0.5, 0.6) is 0 Å². The smallest absolute Gasteiger partial charge is 0.356 e. The molecule has 2 aromatic rings. The summed E-state index contributed by atoms with van der Waals surface area (Å²) in [5, 5.41) is 0. The number of nitrogens with zero attached hydrogens (tertiary/aromatic N) is 1. The highest BCUT2D eigenvalue weighted by Crippen LogP contribution is 2.26. The fourth-order valence-electron chi connectivity index (χ4n) is 1.53. The number of nitrogens with one attached hydrogen (secondary N) is 2. The number of hydrogen-bond acceptors (Lipinski definition) is 4. The number of sulfonamides is 1. The number of rotatable bonds is 3. The normalized spacial score (nSPS) is 12.2. The Morgan fingerprint density at radius 3 is 2.45 bits per heavy atom. The fraction of sp³-hybridized carbons (Fsp3) is 0.167. The van der Waals surface area contributed by atoms with Crippen LogP contribution in [0.4, 0.5) is 18.9 Å². The Kier molecular flexibility index (Phi) is 3.96. The van der Waals surface area contributed by atoms with Crippen molar-refractivity contribution in [1.82, 2.24) is 9.97 Å². The first-order valence-corrected chi connectivity index (χ1v) is 7.33. The van der Waals surface area contributed by atoms with E-state index in [4.69, 9.17) is 0 Å². The van der Waals surface area contributed by atoms with Gasteiger partial charge in [0.1, 0.15) is 16.3 Å². The van der Waals surface area contributed by atoms with Crippen LogP contribution in [0, 0.1) is 6.92 Å². The van der Waals surface area contributed by atoms with Crippen molar-refractivity contribution >= 4 is 15.7 Å². The number of aryl methyl sites for hydroxylation is 1. The van der Waals surface area contributed by atoms with Crippen LogP contribution in [0.15, 0.2) is 40.3 Å². The van der Waals surface area contributed by atoms with E-state index in [1.807, 2.05) is 9.71 Å². The number of pyridine rings is 2. The summed E-state index contributed by atoms with van der Waals surface area (Å²) < 4.78 is 63.2. The molecule has 0 atom stereocenters. The second-order valence-corrected chi connectivity index (χ2v) is 6.05. The van der Waals surface area contributed by atoms with E-state index in [2.05, 4.69) is 4.98 Å². The molecule has 0 bridgehead atoms. The Labute approximate surface area is 123 Å². The molecule has 22 heavy (non-hydrogen) atoms. The Morgan fingerprint density at radius 2 is 1.95 bits per heavy atom. The molecule has 0 aliphatic rings. The number of hydrogen-bond donors (Lipinski definition) is 2. The highest BCUT2D eigenvalue weighted by atomic mass is 32.2. The summed E-state index contributed by atoms with van der Waals surface area (Å²) in [6, 6.07) is 3.00. The van der Waals surface area contributed by atoms with Crippen LogP contribution in [-0.4, -0.2) is 18.4 Å². The van der Waals surface area contributed by atoms with Crippen LogP contribution in [-0.2, 0) is 16.2 Å². The predicted molar refractivity (Wildman–Crippen MR) is 71.8 cm³/mol. The monoisotopic (exact) mass is 333 g/mol. The Morgan fingerprint density at radius 1 is 1.27 bits per heavy atom. The summed E-state index contributed by atoms with van der Waals surface area (Å²) in [7, 11) is -4.11. The van der Waals surface area contributed by atoms with Gasteiger partial charge in [-0.1, -0.05) is 0 Å². The zero-order chi connectivity index (χ0) is 16.5. The molecule has 0 saturated carbocycles. The van der Waals surface area contributed by atoms with Gasteiger partial charge in [0.15, 0.2) is 0 Å². The lowest BCUT2D eigenvalue weighted by Gasteiger charge is -2.09. The van der Waals surface area contributed by atoms with Gasteiger partial charge >= 0.3 is 6.18 Å². The molecule has 2 rings (SSSR count). The molecule has 0 aromatic carbocycles. The van der Waals surface area contributed by atoms with Crippen molar-refractivity contribution in [2.75, 3.05) is 4.72 Å². The molecule has 2 heterocycles. The standard InChI is InChI=1S/C12H10F3N3O3S/c1-7-2-3-8(5-16-7)22(20,21)18-9-6-17-11(4-10(9)19)12(13,14)15/h2-6,18H,1H3,(H,17,19). The molecule has 0 aliphatic heterocycles. The molecule has 2 N–H and O–H groups in total. The Balaban J connectivity index is 2.34. The topological polar surface area (TPSA) is 91.9 Å². The summed E-state index contributed by atoms with van der Waals surface area (Å²) in [5.74, 6) is 0. The van der Waals surface area contributed by atoms with E-state index < -0.39 is 33.0 Å². The number of alkyl halides is 3. The van der Waals surface area contributed by atoms with E-state index in [9.17, 15) is 26.4 Å². The maximum Gasteiger partial charge on any atom is 0.431 e. The van der Waals surface area contributed by atoms with E-state index in [-0.39, 0.29) is 11.0 Å². The van der Waals surface area contributed by atoms with Crippen molar-refractivity contribution in [3.8, 4) is 0 Å². The highest BCUT2D eigenvalue weighted by Gasteiger charge is 2.32. The number of H-pyrrole nitrogens is 1. The van der Waals surface area contributed by atoms with Gasteiger partial charge in [-0.25, -0.2) is 8.42 Å². The van der Waals surface area contributed by atoms with Crippen LogP contribution in [0.1, 0.15) is 11.4 Å². The minimum atomic E-state index is -4.72. The molecule has 0 unspecified atom stereocenters. The summed E-state index contributed by atoms with van der Waals surface area (Å²) >= 11 is 0. The number of anilines is 1. The van der Waals surface area contributed by atoms with Gasteiger partial charge in [0.25, 0.3) is 10.0 Å². The number of halogens is 3. The van der Waals surface area contributed by atoms with Crippen molar-refractivity contribution in [1.29, 1.82) is 0 Å². The third-order valence-corrected chi connectivity index (χ3v) is 4.01. The van der Waals surface area contributed by atoms with Gasteiger partial charge < -0.3 is 4.98 Å². The predicted octanol–water partition coefficient (Wildman–Crippen LogP) is 1.90. The van der Waals surface area contributed by atoms with Crippen molar-refractivity contribution < 1.29 is 21.6 Å². The van der Waals surface area contributed by atoms with Gasteiger partial charge in [-0.3, -0.25) is 14.5 Å². The van der Waals surface area contributed by atoms with Crippen molar-refractivity contribution in [2.45, 2.75) is 18.0 Å². The van der Waals surface area contributed by atoms with Gasteiger partial charge in [0, 0.05) is 24.2 Å². The zero-order valence-corrected chi connectivity index (χ0v) is 11.9. The fourth-order valence-corrected chi connectivity index (χ4v) is 2.54. The van der Waals surface area contributed by atoms with Crippen LogP contribution in [0.2, 0.25) is 0 Å². The third kappa shape index (κ3) is 3.45. The van der Waals surface area contributed by atoms with E-state index in [0.29, 0.717) is 11.9 Å². The van der Waals surface area contributed by atoms with Crippen LogP contribution < -0.4 is 10.2 Å². The van der Waals surface area contributed by atoms with Gasteiger partial charge in [-0.2, -0.15) is 13.2 Å². The van der Waals surface area contributed by atoms with Gasteiger partial charge in [-0.15, -0.1) is 0 Å². The number of aromatic nitrogens is 2. The van der Waals surface area contributed by atoms with E-state index in [0.717, 1.165) is 6.20 Å². The molecule has 0 fully saturated rings. The quantitative estimate of drug-likeness (QED) is 0.897. The maximum absolute atomic E-state index is 12.4. The van der Waals surface area contributed by atoms with Crippen LogP contribution in [0.3, 0.4) is 0 Å². The first-order valence-electron chi connectivity index (χ1n) is 5.85. The third-order valence-electron chi connectivity index (χ3n) is 2.66. The average Bonchev–Trinajstić information content (AvgIpc) is 2.40. The summed E-state index contributed by atoms with van der Waals surface area (Å²) in [6.45, 7) is 1.66. The Bertz CT molecular complexity index is 842. The van der Waals surface area contributed by atoms with Crippen molar-refractivity contribution in [3.63, 3.8) is 0 Å². The molecule has 0 aliphatic carbocycles. The average molecular weight is 333 g/mol. The SMILES string of the molecule is Cc1ccc(S(=O)(=O)Nc2c[nH]c(C(F)(F)F)cc2=O)cn1. The minimum Gasteiger partial charge on any atom is -0.356 e. The lowest BCUT2D eigenvalue weighted by atomic mass is 10.3. The van der Waals surface area contributed by atoms with Crippen molar-refractivity contribution in [2.24, 2.45) is 0 Å². The largest absolute Gasteiger partial charge is 0.431 e. The first kappa shape index (κ1) is 16.0. The zero-order valence-electron chi connectivity index (χ0n) is 11.1. The summed E-state index contributed by atoms with van der Waals surface area (Å²) in [6.07, 6.45) is -2.99. The van der Waals surface area contributed by atoms with E-state index in [1.54, 1.807) is 6.92 Å². The molecule has 2 aromatic heterocycles. The molecule has 0 saturated heterocycles. The lowest BCUT2D eigenvalue weighted by Crippen LogP contribution is -2.21. The highest BCUT2D eigenvalue weighted by molar-refractivity contribution is 7.92. The molecular weight excluding hydrogens is 323 g/mol. The second kappa shape index (κ2) is 5.44. The first-order chi connectivity index (χ1) is 10.1. The summed E-state index contributed by atoms with van der Waals surface area (Å²) in [5.41, 5.74) is -2.30. The van der Waals surface area contributed by atoms with Crippen molar-refractivity contribution in [3.05, 3.63) is 52.2 Å². The molecule has 0 radical (unpaired) electrons. The summed E-state index contributed by atoms with van der Waals surface area (Å²) in [4.78, 5) is 17.0. The minimum absolute atomic E-state index is 0.211. The Hall–Kier alpha value is -2.36. The lowest BCUT2D eigenvalue weighted by molar-refractivity contribution is -0.141. The van der Waals surface area contributed by atoms with Gasteiger partial charge in [0.05, 0.1) is 0 Å². The maximum atomic E-state index is 12.4. The van der Waals surface area contributed by atoms with Gasteiger partial charge in [0.2, 0.25) is 5.43 Å². The molecule has 0 amide bonds. The van der Waals surface area contributed by atoms with Gasteiger partial charge in [-0.05, 0) is 19.1 Å².